The number of fused-ring (bicyclic) bond motifs is 3. The highest BCUT2D eigenvalue weighted by Crippen LogP contribution is 2.53. The number of phenols is 2. The van der Waals surface area contributed by atoms with Gasteiger partial charge in [-0.15, -0.1) is 0 Å². The molecule has 0 spiro atoms. The van der Waals surface area contributed by atoms with Crippen LogP contribution < -0.4 is 0 Å². The van der Waals surface area contributed by atoms with E-state index in [1.54, 1.807) is 6.92 Å². The fourth-order valence-corrected chi connectivity index (χ4v) is 6.62. The van der Waals surface area contributed by atoms with E-state index in [0.29, 0.717) is 17.6 Å². The number of rotatable bonds is 6. The third-order valence-corrected chi connectivity index (χ3v) is 8.90. The monoisotopic (exact) mass is 588 g/mol. The lowest BCUT2D eigenvalue weighted by molar-refractivity contribution is -0.310. The van der Waals surface area contributed by atoms with Crippen molar-refractivity contribution in [3.8, 4) is 11.5 Å². The topological polar surface area (TPSA) is 192 Å². The van der Waals surface area contributed by atoms with Crippen molar-refractivity contribution in [3.05, 3.63) is 54.1 Å². The van der Waals surface area contributed by atoms with Gasteiger partial charge >= 0.3 is 11.9 Å². The Bertz CT molecular complexity index is 1270. The molecule has 2 heterocycles. The fraction of sp³-hybridized carbons (Fsp3) is 0.533. The first kappa shape index (κ1) is 30.2. The molecule has 42 heavy (non-hydrogen) atoms. The van der Waals surface area contributed by atoms with E-state index in [1.165, 1.54) is 24.3 Å². The molecule has 0 amide bonds. The SMILES string of the molecule is C=C1[C@@H]2[C@H]3OC(=O)[C@@H](C)[C@@H]3[C@@H](O)CC(=C)[C@@H]2C[C@@H]1O[C@@H]1O[C@H](CO)[C@@H](O)[C@H](O)[C@H]1OC(=O)C=Cc1ccc(O)c(O)c1. The molecule has 0 radical (unpaired) electrons. The van der Waals surface area contributed by atoms with Crippen LogP contribution in [-0.4, -0.2) is 98.2 Å². The van der Waals surface area contributed by atoms with Crippen molar-refractivity contribution < 1.29 is 59.2 Å². The molecule has 12 atom stereocenters. The van der Waals surface area contributed by atoms with Gasteiger partial charge in [0.15, 0.2) is 23.9 Å². The van der Waals surface area contributed by atoms with Crippen molar-refractivity contribution in [2.45, 2.75) is 68.8 Å². The van der Waals surface area contributed by atoms with Crippen LogP contribution in [0.4, 0.5) is 0 Å². The van der Waals surface area contributed by atoms with Crippen LogP contribution in [0.15, 0.2) is 48.6 Å². The summed E-state index contributed by atoms with van der Waals surface area (Å²) in [6, 6.07) is 3.92. The van der Waals surface area contributed by atoms with Crippen molar-refractivity contribution in [3.63, 3.8) is 0 Å². The van der Waals surface area contributed by atoms with Gasteiger partial charge in [0, 0.05) is 17.9 Å². The maximum Gasteiger partial charge on any atom is 0.331 e. The minimum Gasteiger partial charge on any atom is -0.504 e. The number of aliphatic hydroxyl groups excluding tert-OH is 4. The zero-order valence-corrected chi connectivity index (χ0v) is 23.0. The highest BCUT2D eigenvalue weighted by Gasteiger charge is 2.58. The first-order valence-corrected chi connectivity index (χ1v) is 13.8. The molecular weight excluding hydrogens is 552 g/mol. The number of aromatic hydroxyl groups is 2. The predicted molar refractivity (Wildman–Crippen MR) is 144 cm³/mol. The Balaban J connectivity index is 1.35. The number of ether oxygens (including phenoxy) is 4. The molecule has 2 saturated heterocycles. The lowest BCUT2D eigenvalue weighted by atomic mass is 9.79. The molecule has 1 aromatic rings. The Hall–Kier alpha value is -3.26. The average molecular weight is 589 g/mol. The zero-order valence-electron chi connectivity index (χ0n) is 23.0. The molecule has 0 unspecified atom stereocenters. The first-order valence-electron chi connectivity index (χ1n) is 13.8. The van der Waals surface area contributed by atoms with Crippen LogP contribution in [0, 0.1) is 23.7 Å². The molecule has 4 fully saturated rings. The van der Waals surface area contributed by atoms with E-state index < -0.39 is 85.3 Å². The number of esters is 2. The minimum atomic E-state index is -1.68. The Labute approximate surface area is 242 Å². The molecule has 2 aliphatic carbocycles. The number of carbonyl (C=O) groups is 2. The van der Waals surface area contributed by atoms with Crippen LogP contribution >= 0.6 is 0 Å². The summed E-state index contributed by atoms with van der Waals surface area (Å²) in [5.41, 5.74) is 1.70. The van der Waals surface area contributed by atoms with Crippen LogP contribution in [0.1, 0.15) is 25.3 Å². The summed E-state index contributed by atoms with van der Waals surface area (Å²) in [6.45, 7) is 9.47. The molecule has 0 bridgehead atoms. The largest absolute Gasteiger partial charge is 0.504 e. The summed E-state index contributed by atoms with van der Waals surface area (Å²) in [4.78, 5) is 25.2. The second kappa shape index (κ2) is 11.8. The highest BCUT2D eigenvalue weighted by molar-refractivity contribution is 5.87. The van der Waals surface area contributed by atoms with Gasteiger partial charge in [-0.2, -0.15) is 0 Å². The maximum absolute atomic E-state index is 12.7. The van der Waals surface area contributed by atoms with E-state index >= 15 is 0 Å². The smallest absolute Gasteiger partial charge is 0.331 e. The van der Waals surface area contributed by atoms with Crippen LogP contribution in [0.5, 0.6) is 11.5 Å². The van der Waals surface area contributed by atoms with E-state index in [1.807, 2.05) is 0 Å². The van der Waals surface area contributed by atoms with E-state index in [0.717, 1.165) is 11.6 Å². The van der Waals surface area contributed by atoms with Gasteiger partial charge in [-0.1, -0.05) is 31.7 Å². The third-order valence-electron chi connectivity index (χ3n) is 8.90. The standard InChI is InChI=1S/C30H36O12/c1-12-8-19(34)24-14(3)29(38)42-27(24)23-13(2)20(10-16(12)23)39-30-28(26(37)25(36)21(11-31)40-30)41-22(35)7-5-15-4-6-17(32)18(33)9-15/h4-7,9,14,16,19-21,23-28,30-34,36-37H,1-2,8,10-11H2,3H3/t14-,16-,19-,20-,21+,23-,24+,25+,26-,27+,28+,30+/m0/s1. The molecule has 2 aliphatic heterocycles. The van der Waals surface area contributed by atoms with E-state index in [9.17, 15) is 40.2 Å². The zero-order chi connectivity index (χ0) is 30.5. The maximum atomic E-state index is 12.7. The molecule has 228 valence electrons. The second-order valence-electron chi connectivity index (χ2n) is 11.5. The van der Waals surface area contributed by atoms with Gasteiger partial charge in [-0.3, -0.25) is 4.79 Å². The van der Waals surface area contributed by atoms with E-state index in [4.69, 9.17) is 18.9 Å². The average Bonchev–Trinajstić information content (AvgIpc) is 3.39. The van der Waals surface area contributed by atoms with Crippen LogP contribution in [0.2, 0.25) is 0 Å². The number of benzene rings is 1. The number of carbonyl (C=O) groups excluding carboxylic acids is 2. The van der Waals surface area contributed by atoms with Gasteiger partial charge in [0.2, 0.25) is 0 Å². The van der Waals surface area contributed by atoms with Crippen molar-refractivity contribution in [1.29, 1.82) is 0 Å². The summed E-state index contributed by atoms with van der Waals surface area (Å²) in [7, 11) is 0. The molecule has 1 aromatic carbocycles. The summed E-state index contributed by atoms with van der Waals surface area (Å²) in [6.07, 6.45) is -6.61. The normalized spacial score (nSPS) is 40.0. The highest BCUT2D eigenvalue weighted by atomic mass is 16.7. The van der Waals surface area contributed by atoms with Gasteiger partial charge in [-0.05, 0) is 48.1 Å². The lowest BCUT2D eigenvalue weighted by Gasteiger charge is -2.42. The summed E-state index contributed by atoms with van der Waals surface area (Å²) < 4.78 is 23.1. The number of hydrogen-bond donors (Lipinski definition) is 6. The van der Waals surface area contributed by atoms with Crippen molar-refractivity contribution in [2.75, 3.05) is 6.61 Å². The fourth-order valence-electron chi connectivity index (χ4n) is 6.62. The van der Waals surface area contributed by atoms with Gasteiger partial charge < -0.3 is 49.6 Å². The summed E-state index contributed by atoms with van der Waals surface area (Å²) in [5.74, 6) is -3.61. The quantitative estimate of drug-likeness (QED) is 0.117. The molecule has 4 aliphatic rings. The first-order chi connectivity index (χ1) is 19.9. The molecule has 12 nitrogen and oxygen atoms in total. The Morgan fingerprint density at radius 1 is 1.14 bits per heavy atom. The van der Waals surface area contributed by atoms with Crippen molar-refractivity contribution in [2.24, 2.45) is 23.7 Å². The molecule has 12 heteroatoms. The predicted octanol–water partition coefficient (Wildman–Crippen LogP) is 0.538. The van der Waals surface area contributed by atoms with Crippen molar-refractivity contribution >= 4 is 18.0 Å². The third kappa shape index (κ3) is 5.46. The van der Waals surface area contributed by atoms with Gasteiger partial charge in [0.05, 0.1) is 24.7 Å². The van der Waals surface area contributed by atoms with Gasteiger partial charge in [0.1, 0.15) is 24.4 Å². The second-order valence-corrected chi connectivity index (χ2v) is 11.5. The summed E-state index contributed by atoms with van der Waals surface area (Å²) >= 11 is 0. The molecule has 6 N–H and O–H groups in total. The minimum absolute atomic E-state index is 0.233. The van der Waals surface area contributed by atoms with Crippen LogP contribution in [0.3, 0.4) is 0 Å². The van der Waals surface area contributed by atoms with Crippen LogP contribution in [0.25, 0.3) is 6.08 Å². The van der Waals surface area contributed by atoms with Gasteiger partial charge in [0.25, 0.3) is 0 Å². The molecule has 0 aromatic heterocycles. The Morgan fingerprint density at radius 3 is 2.57 bits per heavy atom. The molecule has 5 rings (SSSR count). The van der Waals surface area contributed by atoms with E-state index in [-0.39, 0.29) is 23.8 Å². The Morgan fingerprint density at radius 2 is 1.88 bits per heavy atom. The number of phenolic OH excluding ortho intramolecular Hbond substituents is 2. The van der Waals surface area contributed by atoms with Crippen molar-refractivity contribution in [1.82, 2.24) is 0 Å². The number of aliphatic hydroxyl groups is 4. The Kier molecular flexibility index (Phi) is 8.48. The summed E-state index contributed by atoms with van der Waals surface area (Å²) in [5, 5.41) is 61.0. The molecule has 2 saturated carbocycles. The molecular formula is C30H36O12. The number of hydrogen-bond acceptors (Lipinski definition) is 12. The van der Waals surface area contributed by atoms with Crippen LogP contribution in [-0.2, 0) is 28.5 Å². The van der Waals surface area contributed by atoms with Gasteiger partial charge in [-0.25, -0.2) is 4.79 Å². The van der Waals surface area contributed by atoms with E-state index in [2.05, 4.69) is 13.2 Å². The lowest BCUT2D eigenvalue weighted by Crippen LogP contribution is -2.60.